The maximum absolute atomic E-state index is 14.4. The number of carbonyl (C=O) groups excluding carboxylic acids is 2. The van der Waals surface area contributed by atoms with Crippen LogP contribution in [-0.2, 0) is 14.8 Å². The van der Waals surface area contributed by atoms with E-state index in [0.29, 0.717) is 41.6 Å². The lowest BCUT2D eigenvalue weighted by Crippen LogP contribution is -2.48. The monoisotopic (exact) mass is 685 g/mol. The van der Waals surface area contributed by atoms with Crippen LogP contribution in [0.2, 0.25) is 0 Å². The van der Waals surface area contributed by atoms with Gasteiger partial charge < -0.3 is 34.6 Å². The second-order valence-electron chi connectivity index (χ2n) is 12.4. The van der Waals surface area contributed by atoms with Crippen molar-refractivity contribution in [3.63, 3.8) is 0 Å². The number of fused-ring (bicyclic) bond motifs is 1. The number of ether oxygens (including phenoxy) is 2. The first-order chi connectivity index (χ1) is 22.8. The Bertz CT molecular complexity index is 1630. The lowest BCUT2D eigenvalue weighted by atomic mass is 10.0. The van der Waals surface area contributed by atoms with Crippen LogP contribution in [-0.4, -0.2) is 91.4 Å². The molecule has 0 radical (unpaired) electrons. The smallest absolute Gasteiger partial charge is 0.323 e. The number of anilines is 2. The van der Waals surface area contributed by atoms with Crippen molar-refractivity contribution in [3.05, 3.63) is 65.5 Å². The van der Waals surface area contributed by atoms with E-state index in [1.54, 1.807) is 74.2 Å². The van der Waals surface area contributed by atoms with Gasteiger partial charge in [-0.15, -0.1) is 0 Å². The largest absolute Gasteiger partial charge is 0.490 e. The van der Waals surface area contributed by atoms with Crippen molar-refractivity contribution in [2.75, 3.05) is 44.0 Å². The van der Waals surface area contributed by atoms with Gasteiger partial charge in [0.25, 0.3) is 5.91 Å². The molecule has 0 saturated heterocycles. The maximum Gasteiger partial charge on any atom is 0.323 e. The molecule has 0 spiro atoms. The average molecular weight is 686 g/mol. The summed E-state index contributed by atoms with van der Waals surface area (Å²) >= 11 is 0. The number of aryl methyl sites for hydroxylation is 2. The van der Waals surface area contributed by atoms with Gasteiger partial charge in [0.05, 0.1) is 35.3 Å². The van der Waals surface area contributed by atoms with Gasteiger partial charge in [-0.05, 0) is 77.3 Å². The first kappa shape index (κ1) is 36.8. The number of aliphatic hydroxyl groups excluding tert-OH is 1. The number of benzene rings is 2. The summed E-state index contributed by atoms with van der Waals surface area (Å²) < 4.78 is 45.7. The minimum absolute atomic E-state index is 0.0678. The molecule has 1 aromatic heterocycles. The summed E-state index contributed by atoms with van der Waals surface area (Å²) in [6.07, 6.45) is 1.43. The third kappa shape index (κ3) is 9.13. The van der Waals surface area contributed by atoms with E-state index in [9.17, 15) is 23.1 Å². The van der Waals surface area contributed by atoms with Crippen molar-refractivity contribution in [3.8, 4) is 5.75 Å². The number of amides is 3. The number of aliphatic hydroxyl groups is 1. The highest BCUT2D eigenvalue weighted by Crippen LogP contribution is 2.29. The zero-order valence-corrected chi connectivity index (χ0v) is 29.2. The third-order valence-electron chi connectivity index (χ3n) is 8.47. The van der Waals surface area contributed by atoms with Crippen LogP contribution in [0.1, 0.15) is 61.8 Å². The van der Waals surface area contributed by atoms with Crippen LogP contribution in [0.25, 0.3) is 0 Å². The molecular weight excluding hydrogens is 638 g/mol. The van der Waals surface area contributed by atoms with Gasteiger partial charge >= 0.3 is 6.03 Å². The molecule has 4 rings (SSSR count). The Morgan fingerprint density at radius 3 is 2.52 bits per heavy atom. The second-order valence-corrected chi connectivity index (χ2v) is 14.4. The van der Waals surface area contributed by atoms with Crippen molar-refractivity contribution in [2.45, 2.75) is 77.0 Å². The molecule has 0 fully saturated rings. The van der Waals surface area contributed by atoms with Gasteiger partial charge in [-0.2, -0.15) is 4.31 Å². The van der Waals surface area contributed by atoms with Crippen LogP contribution in [0.15, 0.2) is 57.9 Å². The van der Waals surface area contributed by atoms with Crippen LogP contribution < -0.4 is 15.4 Å². The fourth-order valence-electron chi connectivity index (χ4n) is 5.52. The van der Waals surface area contributed by atoms with Crippen LogP contribution in [0.3, 0.4) is 0 Å². The lowest BCUT2D eigenvalue weighted by Gasteiger charge is -2.35. The van der Waals surface area contributed by atoms with E-state index in [-0.39, 0.29) is 42.2 Å². The number of sulfonamides is 1. The predicted molar refractivity (Wildman–Crippen MR) is 182 cm³/mol. The van der Waals surface area contributed by atoms with Crippen LogP contribution in [0, 0.1) is 19.8 Å². The number of nitrogens with zero attached hydrogens (tertiary/aromatic N) is 3. The molecule has 3 N–H and O–H groups in total. The molecule has 0 bridgehead atoms. The third-order valence-corrected chi connectivity index (χ3v) is 10.3. The molecule has 4 atom stereocenters. The summed E-state index contributed by atoms with van der Waals surface area (Å²) in [6.45, 7) is 9.28. The minimum Gasteiger partial charge on any atom is -0.490 e. The quantitative estimate of drug-likeness (QED) is 0.294. The lowest BCUT2D eigenvalue weighted by molar-refractivity contribution is -0.00833. The van der Waals surface area contributed by atoms with Gasteiger partial charge in [0.1, 0.15) is 17.1 Å². The molecule has 0 unspecified atom stereocenters. The number of carbonyl (C=O) groups is 2. The molecule has 48 heavy (non-hydrogen) atoms. The fourth-order valence-corrected chi connectivity index (χ4v) is 6.73. The highest BCUT2D eigenvalue weighted by molar-refractivity contribution is 7.89. The minimum atomic E-state index is -3.78. The standard InChI is InChI=1S/C34H47N5O8S/c1-22-19-39(23(2)21-40)33(41)29-18-27(35-34(42)36-32-25(4)37-47-26(32)5)15-16-30(29)46-24(3)12-10-11-17-45-31(22)20-38(6)48(43,44)28-13-8-7-9-14-28/h7-9,13-16,18,22-24,31,40H,10-12,17,19-21H2,1-6H3,(H2,35,36,42)/t22-,23+,24+,31+/m1/s1. The van der Waals surface area contributed by atoms with Crippen LogP contribution in [0.5, 0.6) is 5.75 Å². The molecule has 1 aliphatic heterocycles. The first-order valence-electron chi connectivity index (χ1n) is 16.2. The molecule has 1 aliphatic rings. The molecule has 262 valence electrons. The van der Waals surface area contributed by atoms with E-state index >= 15 is 0 Å². The number of nitrogens with one attached hydrogen (secondary N) is 2. The average Bonchev–Trinajstić information content (AvgIpc) is 3.38. The number of rotatable bonds is 8. The normalized spacial score (nSPS) is 20.4. The molecular formula is C34H47N5O8S. The van der Waals surface area contributed by atoms with Crippen molar-refractivity contribution >= 4 is 33.3 Å². The van der Waals surface area contributed by atoms with Gasteiger partial charge in [-0.25, -0.2) is 13.2 Å². The van der Waals surface area contributed by atoms with Crippen molar-refractivity contribution < 1.29 is 37.1 Å². The molecule has 2 heterocycles. The Morgan fingerprint density at radius 1 is 1.12 bits per heavy atom. The van der Waals surface area contributed by atoms with E-state index < -0.39 is 34.1 Å². The van der Waals surface area contributed by atoms with Crippen LogP contribution >= 0.6 is 0 Å². The summed E-state index contributed by atoms with van der Waals surface area (Å²) in [6, 6.07) is 11.9. The fraction of sp³-hybridized carbons (Fsp3) is 0.500. The Labute approximate surface area is 282 Å². The highest BCUT2D eigenvalue weighted by atomic mass is 32.2. The summed E-state index contributed by atoms with van der Waals surface area (Å²) in [7, 11) is -2.26. The topological polar surface area (TPSA) is 164 Å². The first-order valence-corrected chi connectivity index (χ1v) is 17.6. The number of aromatic nitrogens is 1. The molecule has 14 heteroatoms. The number of hydrogen-bond donors (Lipinski definition) is 3. The Kier molecular flexibility index (Phi) is 12.6. The summed E-state index contributed by atoms with van der Waals surface area (Å²) in [5, 5.41) is 19.6. The Balaban J connectivity index is 1.63. The molecule has 0 saturated carbocycles. The molecule has 3 amide bonds. The van der Waals surface area contributed by atoms with Crippen molar-refractivity contribution in [1.82, 2.24) is 14.4 Å². The zero-order valence-electron chi connectivity index (χ0n) is 28.4. The van der Waals surface area contributed by atoms with E-state index in [0.717, 1.165) is 12.8 Å². The molecule has 13 nitrogen and oxygen atoms in total. The van der Waals surface area contributed by atoms with E-state index in [2.05, 4.69) is 15.8 Å². The van der Waals surface area contributed by atoms with Gasteiger partial charge in [-0.1, -0.05) is 30.3 Å². The predicted octanol–water partition coefficient (Wildman–Crippen LogP) is 5.05. The van der Waals surface area contributed by atoms with E-state index in [4.69, 9.17) is 14.0 Å². The van der Waals surface area contributed by atoms with Gasteiger partial charge in [-0.3, -0.25) is 4.79 Å². The summed E-state index contributed by atoms with van der Waals surface area (Å²) in [5.74, 6) is 0.0648. The molecule has 2 aromatic carbocycles. The van der Waals surface area contributed by atoms with Gasteiger partial charge in [0.15, 0.2) is 5.76 Å². The van der Waals surface area contributed by atoms with Crippen LogP contribution in [0.4, 0.5) is 16.2 Å². The highest BCUT2D eigenvalue weighted by Gasteiger charge is 2.32. The summed E-state index contributed by atoms with van der Waals surface area (Å²) in [5.41, 5.74) is 1.54. The number of likely N-dealkylation sites (N-methyl/N-ethyl adjacent to an activating group) is 1. The number of urea groups is 1. The Hall–Kier alpha value is -3.98. The molecule has 3 aromatic rings. The summed E-state index contributed by atoms with van der Waals surface area (Å²) in [4.78, 5) is 29.0. The van der Waals surface area contributed by atoms with Gasteiger partial charge in [0.2, 0.25) is 10.0 Å². The zero-order chi connectivity index (χ0) is 35.0. The van der Waals surface area contributed by atoms with E-state index in [1.165, 1.54) is 11.4 Å². The maximum atomic E-state index is 14.4. The second kappa shape index (κ2) is 16.4. The molecule has 0 aliphatic carbocycles. The van der Waals surface area contributed by atoms with Crippen molar-refractivity contribution in [2.24, 2.45) is 5.92 Å². The SMILES string of the molecule is Cc1noc(C)c1NC(=O)Nc1ccc2c(c1)C(=O)N([C@@H](C)CO)C[C@@H](C)[C@H](CN(C)S(=O)(=O)c1ccccc1)OCCCC[C@H](C)O2. The van der Waals surface area contributed by atoms with Gasteiger partial charge in [0, 0.05) is 38.3 Å². The van der Waals surface area contributed by atoms with Crippen molar-refractivity contribution in [1.29, 1.82) is 0 Å². The Morgan fingerprint density at radius 2 is 1.85 bits per heavy atom. The number of hydrogen-bond acceptors (Lipinski definition) is 9. The van der Waals surface area contributed by atoms with E-state index in [1.807, 2.05) is 13.8 Å².